The molecule has 5 nitrogen and oxygen atoms in total. The minimum Gasteiger partial charge on any atom is -0.388 e. The predicted molar refractivity (Wildman–Crippen MR) is 113 cm³/mol. The largest absolute Gasteiger partial charge is 0.388 e. The monoisotopic (exact) mass is 415 g/mol. The van der Waals surface area contributed by atoms with E-state index >= 15 is 0 Å². The molecule has 6 heteroatoms. The quantitative estimate of drug-likeness (QED) is 0.596. The van der Waals surface area contributed by atoms with Crippen molar-refractivity contribution in [2.75, 3.05) is 6.61 Å². The summed E-state index contributed by atoms with van der Waals surface area (Å²) in [4.78, 5) is 0. The third kappa shape index (κ3) is 3.93. The topological polar surface area (TPSA) is 74.9 Å². The third-order valence-corrected chi connectivity index (χ3v) is 5.91. The van der Waals surface area contributed by atoms with Gasteiger partial charge in [-0.25, -0.2) is 0 Å². The van der Waals surface area contributed by atoms with Crippen molar-refractivity contribution in [3.63, 3.8) is 0 Å². The maximum Gasteiger partial charge on any atom is 0.162 e. The second kappa shape index (κ2) is 8.46. The van der Waals surface area contributed by atoms with Crippen LogP contribution in [0.5, 0.6) is 0 Å². The molecular weight excluding hydrogens is 390 g/mol. The maximum atomic E-state index is 10.5. The van der Waals surface area contributed by atoms with E-state index in [1.165, 1.54) is 11.1 Å². The van der Waals surface area contributed by atoms with E-state index < -0.39 is 24.5 Å². The van der Waals surface area contributed by atoms with E-state index in [4.69, 9.17) is 16.3 Å². The lowest BCUT2D eigenvalue weighted by atomic mass is 10.0. The van der Waals surface area contributed by atoms with E-state index in [-0.39, 0.29) is 6.61 Å². The Hall–Kier alpha value is -1.89. The normalized spacial score (nSPS) is 24.9. The van der Waals surface area contributed by atoms with E-state index in [0.717, 1.165) is 29.3 Å². The molecular formula is C23H26ClNO4. The van der Waals surface area contributed by atoms with Gasteiger partial charge in [0.2, 0.25) is 0 Å². The minimum absolute atomic E-state index is 0.0443. The van der Waals surface area contributed by atoms with Crippen molar-refractivity contribution in [3.05, 3.63) is 70.4 Å². The molecule has 1 aromatic heterocycles. The summed E-state index contributed by atoms with van der Waals surface area (Å²) in [6.45, 7) is 2.12. The molecule has 0 saturated carbocycles. The number of fused-ring (bicyclic) bond motifs is 1. The number of halogens is 1. The van der Waals surface area contributed by atoms with Gasteiger partial charge in [0.25, 0.3) is 0 Å². The number of aliphatic hydroxyl groups is 3. The van der Waals surface area contributed by atoms with Crippen molar-refractivity contribution in [2.24, 2.45) is 0 Å². The van der Waals surface area contributed by atoms with Crippen molar-refractivity contribution < 1.29 is 20.1 Å². The standard InChI is InChI=1S/C23H26ClNO4/c1-2-4-14-7-9-15(10-8-14)11-16-12-25(18-6-3-5-17(24)20(16)18)23-22(28)21(27)19(26)13-29-23/h3,5-10,12,19,21-23,26-28H,2,4,11,13H2,1H3/t19-,21+,22-,23-/m1/s1. The van der Waals surface area contributed by atoms with Crippen LogP contribution in [0.2, 0.25) is 5.02 Å². The average Bonchev–Trinajstić information content (AvgIpc) is 3.07. The van der Waals surface area contributed by atoms with Crippen LogP contribution in [0.15, 0.2) is 48.7 Å². The van der Waals surface area contributed by atoms with Crippen molar-refractivity contribution >= 4 is 22.5 Å². The molecule has 3 N–H and O–H groups in total. The number of rotatable bonds is 5. The molecule has 4 atom stereocenters. The molecule has 0 radical (unpaired) electrons. The van der Waals surface area contributed by atoms with Gasteiger partial charge in [0.05, 0.1) is 17.1 Å². The van der Waals surface area contributed by atoms with Crippen molar-refractivity contribution in [1.82, 2.24) is 4.57 Å². The van der Waals surface area contributed by atoms with E-state index in [0.29, 0.717) is 11.4 Å². The molecule has 3 aromatic rings. The van der Waals surface area contributed by atoms with Crippen molar-refractivity contribution in [1.29, 1.82) is 0 Å². The van der Waals surface area contributed by atoms with E-state index in [9.17, 15) is 15.3 Å². The van der Waals surface area contributed by atoms with Crippen LogP contribution in [-0.2, 0) is 17.6 Å². The zero-order chi connectivity index (χ0) is 20.5. The minimum atomic E-state index is -1.26. The molecule has 0 amide bonds. The molecule has 1 fully saturated rings. The maximum absolute atomic E-state index is 10.5. The summed E-state index contributed by atoms with van der Waals surface area (Å²) in [5, 5.41) is 31.9. The highest BCUT2D eigenvalue weighted by molar-refractivity contribution is 6.35. The average molecular weight is 416 g/mol. The van der Waals surface area contributed by atoms with E-state index in [2.05, 4.69) is 31.2 Å². The summed E-state index contributed by atoms with van der Waals surface area (Å²) in [6.07, 6.45) is 0.392. The number of aryl methyl sites for hydroxylation is 1. The number of aromatic nitrogens is 1. The van der Waals surface area contributed by atoms with Gasteiger partial charge in [0, 0.05) is 11.6 Å². The summed E-state index contributed by atoms with van der Waals surface area (Å²) in [5.74, 6) is 0. The molecule has 1 saturated heterocycles. The van der Waals surface area contributed by atoms with Gasteiger partial charge in [0.15, 0.2) is 6.23 Å². The first-order valence-corrected chi connectivity index (χ1v) is 10.4. The lowest BCUT2D eigenvalue weighted by Crippen LogP contribution is -2.50. The fourth-order valence-corrected chi connectivity index (χ4v) is 4.35. The number of hydrogen-bond donors (Lipinski definition) is 3. The Balaban J connectivity index is 1.72. The van der Waals surface area contributed by atoms with Crippen LogP contribution >= 0.6 is 11.6 Å². The van der Waals surface area contributed by atoms with Gasteiger partial charge in [-0.2, -0.15) is 0 Å². The number of benzene rings is 2. The van der Waals surface area contributed by atoms with Crippen LogP contribution in [0.3, 0.4) is 0 Å². The van der Waals surface area contributed by atoms with Gasteiger partial charge in [0.1, 0.15) is 18.3 Å². The number of nitrogens with zero attached hydrogens (tertiary/aromatic N) is 1. The Morgan fingerprint density at radius 1 is 1.03 bits per heavy atom. The molecule has 0 aliphatic carbocycles. The van der Waals surface area contributed by atoms with Gasteiger partial charge in [-0.15, -0.1) is 0 Å². The Bertz CT molecular complexity index is 984. The first-order chi connectivity index (χ1) is 14.0. The Kier molecular flexibility index (Phi) is 5.95. The Morgan fingerprint density at radius 2 is 1.76 bits per heavy atom. The molecule has 4 rings (SSSR count). The summed E-state index contributed by atoms with van der Waals surface area (Å²) >= 11 is 6.53. The number of hydrogen-bond acceptors (Lipinski definition) is 4. The fraction of sp³-hybridized carbons (Fsp3) is 0.391. The van der Waals surface area contributed by atoms with Crippen LogP contribution in [0, 0.1) is 0 Å². The Morgan fingerprint density at radius 3 is 2.48 bits per heavy atom. The summed E-state index contributed by atoms with van der Waals surface area (Å²) < 4.78 is 7.48. The summed E-state index contributed by atoms with van der Waals surface area (Å²) in [5.41, 5.74) is 4.33. The molecule has 154 valence electrons. The van der Waals surface area contributed by atoms with Crippen LogP contribution in [-0.4, -0.2) is 44.8 Å². The summed E-state index contributed by atoms with van der Waals surface area (Å²) in [6, 6.07) is 14.2. The zero-order valence-corrected chi connectivity index (χ0v) is 17.1. The molecule has 0 bridgehead atoms. The smallest absolute Gasteiger partial charge is 0.162 e. The molecule has 2 heterocycles. The van der Waals surface area contributed by atoms with Crippen LogP contribution < -0.4 is 0 Å². The second-order valence-corrected chi connectivity index (χ2v) is 8.12. The van der Waals surface area contributed by atoms with E-state index in [1.54, 1.807) is 0 Å². The second-order valence-electron chi connectivity index (χ2n) is 7.71. The zero-order valence-electron chi connectivity index (χ0n) is 16.3. The van der Waals surface area contributed by atoms with Crippen LogP contribution in [0.25, 0.3) is 10.9 Å². The molecule has 1 aliphatic rings. The van der Waals surface area contributed by atoms with Gasteiger partial charge in [-0.3, -0.25) is 0 Å². The first kappa shape index (κ1) is 20.4. The highest BCUT2D eigenvalue weighted by Crippen LogP contribution is 2.35. The fourth-order valence-electron chi connectivity index (χ4n) is 4.06. The Labute approximate surface area is 175 Å². The lowest BCUT2D eigenvalue weighted by molar-refractivity contribution is -0.209. The number of ether oxygens (including phenoxy) is 1. The van der Waals surface area contributed by atoms with E-state index in [1.807, 2.05) is 29.0 Å². The highest BCUT2D eigenvalue weighted by Gasteiger charge is 2.39. The molecule has 0 unspecified atom stereocenters. The van der Waals surface area contributed by atoms with Crippen LogP contribution in [0.1, 0.15) is 36.3 Å². The van der Waals surface area contributed by atoms with Gasteiger partial charge in [-0.05, 0) is 41.7 Å². The predicted octanol–water partition coefficient (Wildman–Crippen LogP) is 3.45. The molecule has 0 spiro atoms. The molecule has 1 aliphatic heterocycles. The van der Waals surface area contributed by atoms with Crippen LogP contribution in [0.4, 0.5) is 0 Å². The molecule has 2 aromatic carbocycles. The SMILES string of the molecule is CCCc1ccc(Cc2cn([C@@H]3OC[C@@H](O)[C@H](O)[C@H]3O)c3cccc(Cl)c23)cc1. The lowest BCUT2D eigenvalue weighted by Gasteiger charge is -2.36. The molecule has 29 heavy (non-hydrogen) atoms. The first-order valence-electron chi connectivity index (χ1n) is 10.0. The third-order valence-electron chi connectivity index (χ3n) is 5.59. The summed E-state index contributed by atoms with van der Waals surface area (Å²) in [7, 11) is 0. The van der Waals surface area contributed by atoms with Crippen molar-refractivity contribution in [2.45, 2.75) is 50.7 Å². The van der Waals surface area contributed by atoms with Gasteiger partial charge < -0.3 is 24.6 Å². The number of aliphatic hydroxyl groups excluding tert-OH is 3. The highest BCUT2D eigenvalue weighted by atomic mass is 35.5. The van der Waals surface area contributed by atoms with Crippen molar-refractivity contribution in [3.8, 4) is 0 Å². The van der Waals surface area contributed by atoms with Gasteiger partial charge in [-0.1, -0.05) is 55.3 Å². The van der Waals surface area contributed by atoms with Gasteiger partial charge >= 0.3 is 0 Å².